The SMILES string of the molecule is O=S(=O)(N[C@@H]1CCC[C@H](c2nnc3cnc4c(n23)CCN4)C1)c1ccccc1. The molecule has 2 aromatic heterocycles. The lowest BCUT2D eigenvalue weighted by Gasteiger charge is -2.28. The van der Waals surface area contributed by atoms with Gasteiger partial charge in [0.1, 0.15) is 11.6 Å². The van der Waals surface area contributed by atoms with E-state index in [-0.39, 0.29) is 12.0 Å². The molecule has 8 nitrogen and oxygen atoms in total. The monoisotopic (exact) mass is 398 g/mol. The molecule has 0 radical (unpaired) electrons. The van der Waals surface area contributed by atoms with Crippen LogP contribution in [0.25, 0.3) is 5.65 Å². The van der Waals surface area contributed by atoms with Gasteiger partial charge in [-0.15, -0.1) is 10.2 Å². The van der Waals surface area contributed by atoms with E-state index in [0.29, 0.717) is 4.90 Å². The Labute approximate surface area is 163 Å². The molecule has 1 aromatic carbocycles. The summed E-state index contributed by atoms with van der Waals surface area (Å²) in [6, 6.07) is 8.43. The normalized spacial score (nSPS) is 22.1. The van der Waals surface area contributed by atoms with Crippen molar-refractivity contribution in [1.82, 2.24) is 24.3 Å². The van der Waals surface area contributed by atoms with E-state index in [2.05, 4.69) is 29.6 Å². The Kier molecular flexibility index (Phi) is 4.28. The second kappa shape index (κ2) is 6.82. The van der Waals surface area contributed by atoms with Crippen molar-refractivity contribution >= 4 is 21.5 Å². The number of nitrogens with one attached hydrogen (secondary N) is 2. The van der Waals surface area contributed by atoms with Gasteiger partial charge in [-0.25, -0.2) is 18.1 Å². The maximum absolute atomic E-state index is 12.7. The highest BCUT2D eigenvalue weighted by molar-refractivity contribution is 7.89. The second-order valence-corrected chi connectivity index (χ2v) is 9.19. The van der Waals surface area contributed by atoms with E-state index >= 15 is 0 Å². The fourth-order valence-electron chi connectivity index (χ4n) is 4.33. The lowest BCUT2D eigenvalue weighted by Crippen LogP contribution is -2.38. The summed E-state index contributed by atoms with van der Waals surface area (Å²) < 4.78 is 30.4. The van der Waals surface area contributed by atoms with Crippen molar-refractivity contribution in [1.29, 1.82) is 0 Å². The number of anilines is 1. The maximum Gasteiger partial charge on any atom is 0.240 e. The number of benzene rings is 1. The first-order valence-corrected chi connectivity index (χ1v) is 11.1. The van der Waals surface area contributed by atoms with Gasteiger partial charge in [0.2, 0.25) is 10.0 Å². The van der Waals surface area contributed by atoms with Crippen molar-refractivity contribution in [3.05, 3.63) is 48.0 Å². The predicted molar refractivity (Wildman–Crippen MR) is 105 cm³/mol. The van der Waals surface area contributed by atoms with E-state index in [1.807, 2.05) is 6.07 Å². The van der Waals surface area contributed by atoms with Crippen LogP contribution in [-0.2, 0) is 16.4 Å². The smallest absolute Gasteiger partial charge is 0.240 e. The van der Waals surface area contributed by atoms with Gasteiger partial charge in [-0.05, 0) is 31.4 Å². The van der Waals surface area contributed by atoms with Crippen LogP contribution < -0.4 is 10.0 Å². The first-order valence-electron chi connectivity index (χ1n) is 9.66. The molecule has 28 heavy (non-hydrogen) atoms. The third-order valence-corrected chi connectivity index (χ3v) is 7.17. The standard InChI is InChI=1S/C19H22N6O2S/c26-28(27,15-7-2-1-3-8-15)24-14-6-4-5-13(11-14)19-23-22-17-12-21-18-16(25(17)19)9-10-20-18/h1-3,7-8,12-14,20,24H,4-6,9-11H2/t13-,14+/m0/s1. The van der Waals surface area contributed by atoms with Crippen LogP contribution in [0.1, 0.15) is 43.1 Å². The molecule has 2 aliphatic rings. The van der Waals surface area contributed by atoms with Gasteiger partial charge in [-0.3, -0.25) is 4.40 Å². The van der Waals surface area contributed by atoms with Gasteiger partial charge in [0.15, 0.2) is 5.65 Å². The third kappa shape index (κ3) is 3.04. The largest absolute Gasteiger partial charge is 0.368 e. The van der Waals surface area contributed by atoms with Crippen LogP contribution in [-0.4, -0.2) is 40.6 Å². The Bertz CT molecular complexity index is 1110. The molecule has 1 saturated carbocycles. The lowest BCUT2D eigenvalue weighted by molar-refractivity contribution is 0.360. The number of hydrogen-bond donors (Lipinski definition) is 2. The fourth-order valence-corrected chi connectivity index (χ4v) is 5.64. The van der Waals surface area contributed by atoms with Crippen molar-refractivity contribution in [3.63, 3.8) is 0 Å². The molecule has 0 amide bonds. The second-order valence-electron chi connectivity index (χ2n) is 7.48. The maximum atomic E-state index is 12.7. The minimum atomic E-state index is -3.52. The topological polar surface area (TPSA) is 101 Å². The van der Waals surface area contributed by atoms with Crippen LogP contribution >= 0.6 is 0 Å². The van der Waals surface area contributed by atoms with Gasteiger partial charge < -0.3 is 5.32 Å². The van der Waals surface area contributed by atoms with Crippen LogP contribution in [0.15, 0.2) is 41.4 Å². The van der Waals surface area contributed by atoms with Gasteiger partial charge in [0, 0.05) is 24.9 Å². The number of rotatable bonds is 4. The molecular weight excluding hydrogens is 376 g/mol. The molecule has 146 valence electrons. The quantitative estimate of drug-likeness (QED) is 0.698. The van der Waals surface area contributed by atoms with Crippen LogP contribution in [0.3, 0.4) is 0 Å². The average molecular weight is 398 g/mol. The zero-order valence-corrected chi connectivity index (χ0v) is 16.2. The lowest BCUT2D eigenvalue weighted by atomic mass is 9.85. The Balaban J connectivity index is 1.41. The molecule has 1 fully saturated rings. The highest BCUT2D eigenvalue weighted by Gasteiger charge is 2.31. The summed E-state index contributed by atoms with van der Waals surface area (Å²) in [7, 11) is -3.52. The molecule has 9 heteroatoms. The van der Waals surface area contributed by atoms with E-state index in [4.69, 9.17) is 0 Å². The Hall–Kier alpha value is -2.52. The predicted octanol–water partition coefficient (Wildman–Crippen LogP) is 2.10. The molecular formula is C19H22N6O2S. The number of nitrogens with zero attached hydrogens (tertiary/aromatic N) is 4. The van der Waals surface area contributed by atoms with Gasteiger partial charge >= 0.3 is 0 Å². The third-order valence-electron chi connectivity index (χ3n) is 5.63. The Morgan fingerprint density at radius 3 is 2.86 bits per heavy atom. The van der Waals surface area contributed by atoms with E-state index in [0.717, 1.165) is 61.6 Å². The zero-order valence-electron chi connectivity index (χ0n) is 15.4. The molecule has 3 heterocycles. The zero-order chi connectivity index (χ0) is 19.1. The molecule has 1 aliphatic carbocycles. The minimum absolute atomic E-state index is 0.107. The molecule has 0 spiro atoms. The van der Waals surface area contributed by atoms with Crippen LogP contribution in [0, 0.1) is 0 Å². The van der Waals surface area contributed by atoms with Crippen molar-refractivity contribution in [2.75, 3.05) is 11.9 Å². The van der Waals surface area contributed by atoms with Crippen molar-refractivity contribution in [2.24, 2.45) is 0 Å². The van der Waals surface area contributed by atoms with Crippen molar-refractivity contribution in [3.8, 4) is 0 Å². The molecule has 1 aliphatic heterocycles. The Morgan fingerprint density at radius 1 is 1.14 bits per heavy atom. The summed E-state index contributed by atoms with van der Waals surface area (Å²) in [4.78, 5) is 4.72. The molecule has 2 atom stereocenters. The van der Waals surface area contributed by atoms with E-state index in [1.54, 1.807) is 30.5 Å². The first-order chi connectivity index (χ1) is 13.6. The number of hydrogen-bond acceptors (Lipinski definition) is 6. The van der Waals surface area contributed by atoms with Crippen molar-refractivity contribution < 1.29 is 8.42 Å². The van der Waals surface area contributed by atoms with Crippen molar-refractivity contribution in [2.45, 2.75) is 49.0 Å². The Morgan fingerprint density at radius 2 is 2.00 bits per heavy atom. The molecule has 0 saturated heterocycles. The molecule has 0 bridgehead atoms. The number of sulfonamides is 1. The van der Waals surface area contributed by atoms with E-state index in [9.17, 15) is 8.42 Å². The molecule has 5 rings (SSSR count). The van der Waals surface area contributed by atoms with E-state index < -0.39 is 10.0 Å². The summed E-state index contributed by atoms with van der Waals surface area (Å²) in [5, 5.41) is 12.0. The summed E-state index contributed by atoms with van der Waals surface area (Å²) >= 11 is 0. The number of fused-ring (bicyclic) bond motifs is 3. The molecule has 2 N–H and O–H groups in total. The van der Waals surface area contributed by atoms with Gasteiger partial charge in [-0.2, -0.15) is 0 Å². The molecule has 3 aromatic rings. The average Bonchev–Trinajstić information content (AvgIpc) is 3.35. The fraction of sp³-hybridized carbons (Fsp3) is 0.421. The minimum Gasteiger partial charge on any atom is -0.368 e. The van der Waals surface area contributed by atoms with Gasteiger partial charge in [0.25, 0.3) is 0 Å². The highest BCUT2D eigenvalue weighted by atomic mass is 32.2. The van der Waals surface area contributed by atoms with Gasteiger partial charge in [0.05, 0.1) is 16.8 Å². The summed E-state index contributed by atoms with van der Waals surface area (Å²) in [5.41, 5.74) is 1.87. The first kappa shape index (κ1) is 17.6. The molecule has 0 unspecified atom stereocenters. The summed E-state index contributed by atoms with van der Waals surface area (Å²) in [6.45, 7) is 0.864. The summed E-state index contributed by atoms with van der Waals surface area (Å²) in [5.74, 6) is 1.98. The van der Waals surface area contributed by atoms with Crippen LogP contribution in [0.5, 0.6) is 0 Å². The van der Waals surface area contributed by atoms with E-state index in [1.165, 1.54) is 0 Å². The van der Waals surface area contributed by atoms with Crippen LogP contribution in [0.4, 0.5) is 5.82 Å². The van der Waals surface area contributed by atoms with Crippen LogP contribution in [0.2, 0.25) is 0 Å². The summed E-state index contributed by atoms with van der Waals surface area (Å²) in [6.07, 6.45) is 6.12. The number of aromatic nitrogens is 4. The highest BCUT2D eigenvalue weighted by Crippen LogP contribution is 2.34. The van der Waals surface area contributed by atoms with Gasteiger partial charge in [-0.1, -0.05) is 24.6 Å².